The molecule has 8 nitrogen and oxygen atoms in total. The van der Waals surface area contributed by atoms with Crippen molar-refractivity contribution in [1.82, 2.24) is 5.32 Å². The highest BCUT2D eigenvalue weighted by Gasteiger charge is 2.25. The number of amides is 1. The normalized spacial score (nSPS) is 12.4. The van der Waals surface area contributed by atoms with Crippen molar-refractivity contribution in [3.05, 3.63) is 35.9 Å². The van der Waals surface area contributed by atoms with Crippen molar-refractivity contribution in [3.63, 3.8) is 0 Å². The number of hydrogen-bond acceptors (Lipinski definition) is 5. The molecule has 0 bridgehead atoms. The van der Waals surface area contributed by atoms with E-state index < -0.39 is 33.8 Å². The van der Waals surface area contributed by atoms with Crippen LogP contribution in [0.3, 0.4) is 0 Å². The summed E-state index contributed by atoms with van der Waals surface area (Å²) in [6.07, 6.45) is -0.433. The van der Waals surface area contributed by atoms with Gasteiger partial charge in [-0.25, -0.2) is 4.79 Å². The zero-order valence-electron chi connectivity index (χ0n) is 11.4. The fraction of sp³-hybridized carbons (Fsp3) is 0.308. The van der Waals surface area contributed by atoms with Crippen LogP contribution in [0.2, 0.25) is 0 Å². The summed E-state index contributed by atoms with van der Waals surface area (Å²) < 4.78 is 30.0. The number of carboxylic acid groups (broad SMARTS) is 1. The maximum absolute atomic E-state index is 11.8. The Hall–Kier alpha value is -2.26. The molecule has 1 aromatic rings. The third kappa shape index (κ3) is 6.46. The van der Waals surface area contributed by atoms with E-state index in [2.05, 4.69) is 0 Å². The molecule has 0 aliphatic rings. The number of hydrogen-bond donors (Lipinski definition) is 3. The summed E-state index contributed by atoms with van der Waals surface area (Å²) in [5, 5.41) is 10.7. The summed E-state index contributed by atoms with van der Waals surface area (Å²) in [5.41, 5.74) is 0.419. The molecule has 0 aromatic heterocycles. The molecule has 0 radical (unpaired) electrons. The fourth-order valence-electron chi connectivity index (χ4n) is 1.65. The highest BCUT2D eigenvalue weighted by Crippen LogP contribution is 2.05. The van der Waals surface area contributed by atoms with Crippen LogP contribution in [-0.4, -0.2) is 47.5 Å². The molecule has 0 saturated carbocycles. The second-order valence-electron chi connectivity index (χ2n) is 4.50. The highest BCUT2D eigenvalue weighted by molar-refractivity contribution is 7.85. The molecular formula is C13H15NO7S. The van der Waals surface area contributed by atoms with Crippen molar-refractivity contribution >= 4 is 27.8 Å². The summed E-state index contributed by atoms with van der Waals surface area (Å²) in [6, 6.07) is 6.46. The van der Waals surface area contributed by atoms with Gasteiger partial charge in [-0.2, -0.15) is 8.42 Å². The number of benzene rings is 1. The third-order valence-corrected chi connectivity index (χ3v) is 3.44. The molecule has 1 aromatic carbocycles. The van der Waals surface area contributed by atoms with E-state index >= 15 is 0 Å². The van der Waals surface area contributed by atoms with Crippen LogP contribution in [0.4, 0.5) is 0 Å². The van der Waals surface area contributed by atoms with Crippen molar-refractivity contribution in [1.29, 1.82) is 0 Å². The monoisotopic (exact) mass is 329 g/mol. The van der Waals surface area contributed by atoms with Crippen LogP contribution in [-0.2, 0) is 19.7 Å². The third-order valence-electron chi connectivity index (χ3n) is 2.69. The number of aliphatic carboxylic acids is 1. The Kier molecular flexibility index (Phi) is 6.20. The van der Waals surface area contributed by atoms with Gasteiger partial charge in [0, 0.05) is 18.4 Å². The Labute approximate surface area is 126 Å². The van der Waals surface area contributed by atoms with E-state index in [1.165, 1.54) is 0 Å². The van der Waals surface area contributed by atoms with Crippen LogP contribution >= 0.6 is 0 Å². The predicted molar refractivity (Wildman–Crippen MR) is 76.0 cm³/mol. The lowest BCUT2D eigenvalue weighted by Gasteiger charge is -2.12. The Morgan fingerprint density at radius 1 is 1.09 bits per heavy atom. The fourth-order valence-corrected chi connectivity index (χ4v) is 2.29. The van der Waals surface area contributed by atoms with Crippen LogP contribution < -0.4 is 5.32 Å². The lowest BCUT2D eigenvalue weighted by atomic mass is 10.1. The molecule has 0 aliphatic carbocycles. The predicted octanol–water partition coefficient (Wildman–Crippen LogP) is 0.107. The number of Topliss-reactive ketones (excluding diaryl/α,β-unsaturated/α-hetero) is 1. The minimum atomic E-state index is -4.55. The number of rotatable bonds is 8. The van der Waals surface area contributed by atoms with E-state index in [-0.39, 0.29) is 18.6 Å². The number of ketones is 1. The highest BCUT2D eigenvalue weighted by atomic mass is 32.2. The second kappa shape index (κ2) is 7.66. The van der Waals surface area contributed by atoms with Gasteiger partial charge >= 0.3 is 5.97 Å². The van der Waals surface area contributed by atoms with Crippen molar-refractivity contribution in [2.75, 3.05) is 5.75 Å². The van der Waals surface area contributed by atoms with Crippen molar-refractivity contribution in [3.8, 4) is 0 Å². The van der Waals surface area contributed by atoms with E-state index in [0.717, 1.165) is 0 Å². The number of nitrogens with one attached hydrogen (secondary N) is 1. The van der Waals surface area contributed by atoms with Gasteiger partial charge in [0.2, 0.25) is 5.91 Å². The Morgan fingerprint density at radius 2 is 1.68 bits per heavy atom. The van der Waals surface area contributed by atoms with E-state index in [1.54, 1.807) is 30.3 Å². The van der Waals surface area contributed by atoms with Crippen LogP contribution in [0.25, 0.3) is 0 Å². The smallest absolute Gasteiger partial charge is 0.327 e. The summed E-state index contributed by atoms with van der Waals surface area (Å²) in [7, 11) is -4.55. The summed E-state index contributed by atoms with van der Waals surface area (Å²) in [6.45, 7) is 0. The molecule has 0 fully saturated rings. The first-order chi connectivity index (χ1) is 10.2. The first-order valence-electron chi connectivity index (χ1n) is 6.24. The summed E-state index contributed by atoms with van der Waals surface area (Å²) >= 11 is 0. The molecule has 1 rings (SSSR count). The van der Waals surface area contributed by atoms with Gasteiger partial charge in [-0.05, 0) is 0 Å². The van der Waals surface area contributed by atoms with Gasteiger partial charge in [0.25, 0.3) is 10.1 Å². The Morgan fingerprint density at radius 3 is 2.18 bits per heavy atom. The SMILES string of the molecule is O=C(CCC(=O)c1ccccc1)N[C@@H](CS(=O)(=O)O)C(=O)O. The van der Waals surface area contributed by atoms with Crippen molar-refractivity contribution < 1.29 is 32.5 Å². The number of carbonyl (C=O) groups excluding carboxylic acids is 2. The lowest BCUT2D eigenvalue weighted by molar-refractivity contribution is -0.141. The lowest BCUT2D eigenvalue weighted by Crippen LogP contribution is -2.45. The van der Waals surface area contributed by atoms with Crippen LogP contribution in [0.1, 0.15) is 23.2 Å². The molecule has 1 atom stereocenters. The maximum Gasteiger partial charge on any atom is 0.327 e. The molecule has 22 heavy (non-hydrogen) atoms. The van der Waals surface area contributed by atoms with E-state index in [9.17, 15) is 22.8 Å². The molecule has 0 heterocycles. The Balaban J connectivity index is 2.54. The average Bonchev–Trinajstić information content (AvgIpc) is 2.43. The van der Waals surface area contributed by atoms with Gasteiger partial charge in [0.15, 0.2) is 5.78 Å². The molecule has 3 N–H and O–H groups in total. The van der Waals surface area contributed by atoms with Gasteiger partial charge in [-0.3, -0.25) is 14.1 Å². The molecule has 0 spiro atoms. The minimum Gasteiger partial charge on any atom is -0.480 e. The molecule has 9 heteroatoms. The topological polar surface area (TPSA) is 138 Å². The van der Waals surface area contributed by atoms with Crippen LogP contribution in [0, 0.1) is 0 Å². The van der Waals surface area contributed by atoms with E-state index in [4.69, 9.17) is 9.66 Å². The summed E-state index contributed by atoms with van der Waals surface area (Å²) in [5.74, 6) is -3.82. The average molecular weight is 329 g/mol. The number of carboxylic acids is 1. The Bertz CT molecular complexity index is 654. The second-order valence-corrected chi connectivity index (χ2v) is 5.99. The zero-order valence-corrected chi connectivity index (χ0v) is 12.2. The van der Waals surface area contributed by atoms with E-state index in [1.807, 2.05) is 5.32 Å². The molecule has 0 saturated heterocycles. The molecule has 120 valence electrons. The van der Waals surface area contributed by atoms with Crippen LogP contribution in [0.15, 0.2) is 30.3 Å². The zero-order chi connectivity index (χ0) is 16.8. The van der Waals surface area contributed by atoms with Crippen molar-refractivity contribution in [2.24, 2.45) is 0 Å². The van der Waals surface area contributed by atoms with Gasteiger partial charge in [-0.15, -0.1) is 0 Å². The van der Waals surface area contributed by atoms with Gasteiger partial charge in [-0.1, -0.05) is 30.3 Å². The largest absolute Gasteiger partial charge is 0.480 e. The number of carbonyl (C=O) groups is 3. The first kappa shape index (κ1) is 17.8. The first-order valence-corrected chi connectivity index (χ1v) is 7.85. The van der Waals surface area contributed by atoms with Gasteiger partial charge < -0.3 is 10.4 Å². The molecule has 1 amide bonds. The molecule has 0 unspecified atom stereocenters. The standard InChI is InChI=1S/C13H15NO7S/c15-11(9-4-2-1-3-5-9)6-7-12(16)14-10(13(17)18)8-22(19,20)21/h1-5,10H,6-8H2,(H,14,16)(H,17,18)(H,19,20,21)/t10-/m0/s1. The molecule has 0 aliphatic heterocycles. The van der Waals surface area contributed by atoms with E-state index in [0.29, 0.717) is 5.56 Å². The minimum absolute atomic E-state index is 0.145. The maximum atomic E-state index is 11.8. The van der Waals surface area contributed by atoms with Gasteiger partial charge in [0.05, 0.1) is 0 Å². The quantitative estimate of drug-likeness (QED) is 0.454. The molecular weight excluding hydrogens is 314 g/mol. The van der Waals surface area contributed by atoms with Crippen molar-refractivity contribution in [2.45, 2.75) is 18.9 Å². The summed E-state index contributed by atoms with van der Waals surface area (Å²) in [4.78, 5) is 34.2. The van der Waals surface area contributed by atoms with Crippen LogP contribution in [0.5, 0.6) is 0 Å². The van der Waals surface area contributed by atoms with Gasteiger partial charge in [0.1, 0.15) is 11.8 Å².